The van der Waals surface area contributed by atoms with Gasteiger partial charge in [-0.3, -0.25) is 10.1 Å². The van der Waals surface area contributed by atoms with Crippen molar-refractivity contribution in [2.45, 2.75) is 44.8 Å². The summed E-state index contributed by atoms with van der Waals surface area (Å²) in [5, 5.41) is 10.9. The zero-order valence-electron chi connectivity index (χ0n) is 10.5. The molecule has 2 atom stereocenters. The third-order valence-electron chi connectivity index (χ3n) is 3.27. The summed E-state index contributed by atoms with van der Waals surface area (Å²) in [5.41, 5.74) is 6.87. The van der Waals surface area contributed by atoms with Gasteiger partial charge < -0.3 is 10.5 Å². The van der Waals surface area contributed by atoms with Gasteiger partial charge in [0.1, 0.15) is 6.10 Å². The van der Waals surface area contributed by atoms with Crippen molar-refractivity contribution < 1.29 is 9.66 Å². The van der Waals surface area contributed by atoms with Crippen LogP contribution in [0, 0.1) is 17.0 Å². The highest BCUT2D eigenvalue weighted by Gasteiger charge is 2.24. The second-order valence-corrected chi connectivity index (χ2v) is 4.89. The van der Waals surface area contributed by atoms with Gasteiger partial charge in [-0.15, -0.1) is 0 Å². The summed E-state index contributed by atoms with van der Waals surface area (Å²) in [7, 11) is 0. The SMILES string of the molecule is Cc1ccc([N+](=O)[O-])c(OC2CCCC(N)C2)c1. The predicted octanol–water partition coefficient (Wildman–Crippen LogP) is 2.55. The fourth-order valence-corrected chi connectivity index (χ4v) is 2.33. The van der Waals surface area contributed by atoms with Crippen LogP contribution in [0.15, 0.2) is 18.2 Å². The third-order valence-corrected chi connectivity index (χ3v) is 3.27. The molecule has 0 heterocycles. The molecule has 0 bridgehead atoms. The number of hydrogen-bond acceptors (Lipinski definition) is 4. The van der Waals surface area contributed by atoms with E-state index in [1.54, 1.807) is 12.1 Å². The van der Waals surface area contributed by atoms with Crippen molar-refractivity contribution in [2.24, 2.45) is 5.73 Å². The summed E-state index contributed by atoms with van der Waals surface area (Å²) in [6.07, 6.45) is 3.71. The molecule has 0 spiro atoms. The Hall–Kier alpha value is -1.62. The van der Waals surface area contributed by atoms with E-state index >= 15 is 0 Å². The average molecular weight is 250 g/mol. The summed E-state index contributed by atoms with van der Waals surface area (Å²) in [5.74, 6) is 0.360. The molecule has 1 fully saturated rings. The maximum atomic E-state index is 10.9. The zero-order chi connectivity index (χ0) is 13.1. The largest absolute Gasteiger partial charge is 0.483 e. The van der Waals surface area contributed by atoms with E-state index in [9.17, 15) is 10.1 Å². The van der Waals surface area contributed by atoms with E-state index in [2.05, 4.69) is 0 Å². The number of nitrogens with two attached hydrogens (primary N) is 1. The molecule has 0 aliphatic heterocycles. The number of nitro benzene ring substituents is 1. The molecule has 2 N–H and O–H groups in total. The van der Waals surface area contributed by atoms with E-state index in [-0.39, 0.29) is 17.8 Å². The number of nitro groups is 1. The van der Waals surface area contributed by atoms with Crippen LogP contribution in [-0.2, 0) is 0 Å². The first-order valence-electron chi connectivity index (χ1n) is 6.23. The van der Waals surface area contributed by atoms with E-state index in [4.69, 9.17) is 10.5 Å². The Labute approximate surface area is 106 Å². The molecule has 0 amide bonds. The first-order valence-corrected chi connectivity index (χ1v) is 6.23. The van der Waals surface area contributed by atoms with Crippen molar-refractivity contribution in [3.8, 4) is 5.75 Å². The van der Waals surface area contributed by atoms with Crippen molar-refractivity contribution in [3.63, 3.8) is 0 Å². The van der Waals surface area contributed by atoms with Crippen molar-refractivity contribution in [3.05, 3.63) is 33.9 Å². The van der Waals surface area contributed by atoms with Gasteiger partial charge in [0.05, 0.1) is 4.92 Å². The minimum absolute atomic E-state index is 0.00532. The summed E-state index contributed by atoms with van der Waals surface area (Å²) in [4.78, 5) is 10.5. The second-order valence-electron chi connectivity index (χ2n) is 4.89. The zero-order valence-corrected chi connectivity index (χ0v) is 10.5. The van der Waals surface area contributed by atoms with Gasteiger partial charge >= 0.3 is 5.69 Å². The van der Waals surface area contributed by atoms with Gasteiger partial charge in [0, 0.05) is 12.1 Å². The van der Waals surface area contributed by atoms with Gasteiger partial charge in [0.25, 0.3) is 0 Å². The Balaban J connectivity index is 2.16. The molecule has 1 aliphatic rings. The molecule has 18 heavy (non-hydrogen) atoms. The lowest BCUT2D eigenvalue weighted by molar-refractivity contribution is -0.386. The molecule has 1 aromatic rings. The number of hydrogen-bond donors (Lipinski definition) is 1. The Morgan fingerprint density at radius 2 is 2.22 bits per heavy atom. The summed E-state index contributed by atoms with van der Waals surface area (Å²) in [6.45, 7) is 1.89. The van der Waals surface area contributed by atoms with Gasteiger partial charge in [0.2, 0.25) is 0 Å². The van der Waals surface area contributed by atoms with Crippen LogP contribution in [0.4, 0.5) is 5.69 Å². The quantitative estimate of drug-likeness (QED) is 0.660. The smallest absolute Gasteiger partial charge is 0.310 e. The van der Waals surface area contributed by atoms with Crippen LogP contribution < -0.4 is 10.5 Å². The molecule has 1 aliphatic carbocycles. The Morgan fingerprint density at radius 3 is 2.89 bits per heavy atom. The van der Waals surface area contributed by atoms with E-state index < -0.39 is 4.92 Å². The van der Waals surface area contributed by atoms with Crippen LogP contribution in [-0.4, -0.2) is 17.1 Å². The third kappa shape index (κ3) is 2.98. The molecule has 0 radical (unpaired) electrons. The maximum Gasteiger partial charge on any atom is 0.310 e. The summed E-state index contributed by atoms with van der Waals surface area (Å²) < 4.78 is 5.78. The molecule has 2 rings (SSSR count). The summed E-state index contributed by atoms with van der Waals surface area (Å²) >= 11 is 0. The maximum absolute atomic E-state index is 10.9. The molecular weight excluding hydrogens is 232 g/mol. The molecule has 98 valence electrons. The van der Waals surface area contributed by atoms with Crippen molar-refractivity contribution in [2.75, 3.05) is 0 Å². The van der Waals surface area contributed by atoms with Crippen molar-refractivity contribution >= 4 is 5.69 Å². The fourth-order valence-electron chi connectivity index (χ4n) is 2.33. The molecule has 0 aromatic heterocycles. The fraction of sp³-hybridized carbons (Fsp3) is 0.538. The van der Waals surface area contributed by atoms with Crippen LogP contribution in [0.1, 0.15) is 31.2 Å². The molecule has 1 saturated carbocycles. The highest BCUT2D eigenvalue weighted by Crippen LogP contribution is 2.31. The lowest BCUT2D eigenvalue weighted by Crippen LogP contribution is -2.33. The Kier molecular flexibility index (Phi) is 3.81. The number of nitrogens with zero attached hydrogens (tertiary/aromatic N) is 1. The van der Waals surface area contributed by atoms with E-state index in [0.29, 0.717) is 5.75 Å². The van der Waals surface area contributed by atoms with Gasteiger partial charge in [-0.1, -0.05) is 6.07 Å². The highest BCUT2D eigenvalue weighted by molar-refractivity contribution is 5.48. The normalized spacial score (nSPS) is 23.7. The Bertz CT molecular complexity index is 448. The van der Waals surface area contributed by atoms with Gasteiger partial charge in [-0.25, -0.2) is 0 Å². The van der Waals surface area contributed by atoms with Crippen LogP contribution in [0.25, 0.3) is 0 Å². The average Bonchev–Trinajstić information content (AvgIpc) is 2.28. The van der Waals surface area contributed by atoms with Crippen LogP contribution in [0.3, 0.4) is 0 Å². The topological polar surface area (TPSA) is 78.4 Å². The van der Waals surface area contributed by atoms with Gasteiger partial charge in [-0.05, 0) is 44.2 Å². The lowest BCUT2D eigenvalue weighted by atomic mass is 9.93. The number of benzene rings is 1. The molecule has 0 saturated heterocycles. The molecule has 5 nitrogen and oxygen atoms in total. The van der Waals surface area contributed by atoms with Crippen LogP contribution in [0.2, 0.25) is 0 Å². The minimum Gasteiger partial charge on any atom is -0.483 e. The number of ether oxygens (including phenoxy) is 1. The Morgan fingerprint density at radius 1 is 1.44 bits per heavy atom. The predicted molar refractivity (Wildman–Crippen MR) is 68.7 cm³/mol. The molecule has 1 aromatic carbocycles. The molecule has 2 unspecified atom stereocenters. The number of aryl methyl sites for hydroxylation is 1. The lowest BCUT2D eigenvalue weighted by Gasteiger charge is -2.27. The van der Waals surface area contributed by atoms with Crippen LogP contribution in [0.5, 0.6) is 5.75 Å². The monoisotopic (exact) mass is 250 g/mol. The van der Waals surface area contributed by atoms with Gasteiger partial charge in [0.15, 0.2) is 5.75 Å². The van der Waals surface area contributed by atoms with Crippen molar-refractivity contribution in [1.29, 1.82) is 0 Å². The van der Waals surface area contributed by atoms with Gasteiger partial charge in [-0.2, -0.15) is 0 Å². The molecular formula is C13H18N2O3. The minimum atomic E-state index is -0.405. The molecule has 5 heteroatoms. The standard InChI is InChI=1S/C13H18N2O3/c1-9-5-6-12(15(16)17)13(7-9)18-11-4-2-3-10(14)8-11/h5-7,10-11H,2-4,8,14H2,1H3. The van der Waals surface area contributed by atoms with E-state index in [1.807, 2.05) is 6.92 Å². The van der Waals surface area contributed by atoms with Crippen LogP contribution >= 0.6 is 0 Å². The summed E-state index contributed by atoms with van der Waals surface area (Å²) in [6, 6.07) is 5.08. The van der Waals surface area contributed by atoms with E-state index in [0.717, 1.165) is 31.2 Å². The first kappa shape index (κ1) is 12.8. The highest BCUT2D eigenvalue weighted by atomic mass is 16.6. The van der Waals surface area contributed by atoms with E-state index in [1.165, 1.54) is 6.07 Å². The first-order chi connectivity index (χ1) is 8.56. The number of rotatable bonds is 3. The second kappa shape index (κ2) is 5.35. The van der Waals surface area contributed by atoms with Crippen molar-refractivity contribution in [1.82, 2.24) is 0 Å².